The van der Waals surface area contributed by atoms with E-state index in [0.29, 0.717) is 15.7 Å². The predicted octanol–water partition coefficient (Wildman–Crippen LogP) is 3.43. The Balaban J connectivity index is 2.04. The largest absolute Gasteiger partial charge is 0.373 e. The van der Waals surface area contributed by atoms with Crippen molar-refractivity contribution in [3.63, 3.8) is 0 Å². The first-order valence-electron chi connectivity index (χ1n) is 7.02. The van der Waals surface area contributed by atoms with Crippen molar-refractivity contribution in [1.82, 2.24) is 4.90 Å². The van der Waals surface area contributed by atoms with Gasteiger partial charge >= 0.3 is 0 Å². The van der Waals surface area contributed by atoms with Crippen LogP contribution in [-0.2, 0) is 9.53 Å². The van der Waals surface area contributed by atoms with Crippen LogP contribution in [0.1, 0.15) is 20.8 Å². The lowest BCUT2D eigenvalue weighted by molar-refractivity contribution is -0.126. The molecule has 21 heavy (non-hydrogen) atoms. The molecule has 0 aliphatic carbocycles. The highest BCUT2D eigenvalue weighted by Crippen LogP contribution is 2.26. The lowest BCUT2D eigenvalue weighted by Crippen LogP contribution is -2.52. The maximum Gasteiger partial charge on any atom is 0.241 e. The number of carbonyl (C=O) groups is 1. The van der Waals surface area contributed by atoms with Gasteiger partial charge in [0.25, 0.3) is 0 Å². The molecule has 0 bridgehead atoms. The summed E-state index contributed by atoms with van der Waals surface area (Å²) in [7, 11) is 0. The molecule has 1 saturated heterocycles. The molecule has 1 N–H and O–H groups in total. The molecule has 0 aromatic heterocycles. The van der Waals surface area contributed by atoms with E-state index in [9.17, 15) is 4.79 Å². The highest BCUT2D eigenvalue weighted by Gasteiger charge is 2.29. The minimum Gasteiger partial charge on any atom is -0.373 e. The number of anilines is 1. The molecular formula is C15H20Cl2N2O2. The van der Waals surface area contributed by atoms with Gasteiger partial charge in [-0.05, 0) is 39.0 Å². The fourth-order valence-corrected chi connectivity index (χ4v) is 2.87. The molecule has 1 fully saturated rings. The van der Waals surface area contributed by atoms with Gasteiger partial charge in [-0.15, -0.1) is 0 Å². The quantitative estimate of drug-likeness (QED) is 0.923. The first-order chi connectivity index (χ1) is 9.86. The molecule has 0 radical (unpaired) electrons. The van der Waals surface area contributed by atoms with Gasteiger partial charge in [-0.25, -0.2) is 0 Å². The number of benzene rings is 1. The molecule has 2 rings (SSSR count). The Labute approximate surface area is 135 Å². The Hall–Kier alpha value is -0.810. The van der Waals surface area contributed by atoms with Crippen LogP contribution in [0.5, 0.6) is 0 Å². The molecule has 4 nitrogen and oxygen atoms in total. The highest BCUT2D eigenvalue weighted by atomic mass is 35.5. The fraction of sp³-hybridized carbons (Fsp3) is 0.533. The van der Waals surface area contributed by atoms with Gasteiger partial charge in [0.2, 0.25) is 5.91 Å². The van der Waals surface area contributed by atoms with E-state index in [-0.39, 0.29) is 24.2 Å². The smallest absolute Gasteiger partial charge is 0.241 e. The van der Waals surface area contributed by atoms with Gasteiger partial charge < -0.3 is 10.1 Å². The molecule has 1 aliphatic heterocycles. The number of hydrogen-bond acceptors (Lipinski definition) is 3. The minimum atomic E-state index is -0.256. The maximum absolute atomic E-state index is 12.4. The number of rotatable bonds is 3. The van der Waals surface area contributed by atoms with Crippen LogP contribution in [0, 0.1) is 0 Å². The lowest BCUT2D eigenvalue weighted by Gasteiger charge is -2.38. The van der Waals surface area contributed by atoms with Gasteiger partial charge in [-0.1, -0.05) is 23.2 Å². The van der Waals surface area contributed by atoms with Gasteiger partial charge in [0.05, 0.1) is 29.0 Å². The van der Waals surface area contributed by atoms with E-state index in [0.717, 1.165) is 13.1 Å². The Morgan fingerprint density at radius 1 is 1.33 bits per heavy atom. The Kier molecular flexibility index (Phi) is 5.49. The Morgan fingerprint density at radius 3 is 2.57 bits per heavy atom. The third kappa shape index (κ3) is 4.33. The number of halogens is 2. The summed E-state index contributed by atoms with van der Waals surface area (Å²) in [6.07, 6.45) is 0.248. The summed E-state index contributed by atoms with van der Waals surface area (Å²) in [6.45, 7) is 7.39. The van der Waals surface area contributed by atoms with Crippen LogP contribution >= 0.6 is 23.2 Å². The molecular weight excluding hydrogens is 311 g/mol. The lowest BCUT2D eigenvalue weighted by atomic mass is 10.1. The van der Waals surface area contributed by atoms with E-state index in [1.165, 1.54) is 0 Å². The van der Waals surface area contributed by atoms with Gasteiger partial charge in [0, 0.05) is 18.1 Å². The minimum absolute atomic E-state index is 0.0968. The van der Waals surface area contributed by atoms with E-state index in [2.05, 4.69) is 10.2 Å². The average molecular weight is 331 g/mol. The molecule has 0 spiro atoms. The van der Waals surface area contributed by atoms with E-state index in [1.807, 2.05) is 20.8 Å². The zero-order valence-corrected chi connectivity index (χ0v) is 13.9. The van der Waals surface area contributed by atoms with Crippen molar-refractivity contribution in [3.8, 4) is 0 Å². The van der Waals surface area contributed by atoms with E-state index >= 15 is 0 Å². The topological polar surface area (TPSA) is 41.6 Å². The zero-order valence-electron chi connectivity index (χ0n) is 12.4. The number of nitrogens with one attached hydrogen (secondary N) is 1. The summed E-state index contributed by atoms with van der Waals surface area (Å²) in [6, 6.07) is 4.75. The first kappa shape index (κ1) is 16.6. The molecule has 3 atom stereocenters. The van der Waals surface area contributed by atoms with Crippen LogP contribution in [0.4, 0.5) is 5.69 Å². The third-order valence-electron chi connectivity index (χ3n) is 3.56. The predicted molar refractivity (Wildman–Crippen MR) is 86.1 cm³/mol. The summed E-state index contributed by atoms with van der Waals surface area (Å²) in [5.74, 6) is -0.0968. The number of morpholine rings is 1. The van der Waals surface area contributed by atoms with Gasteiger partial charge in [-0.3, -0.25) is 9.69 Å². The number of carbonyl (C=O) groups excluding carboxylic acids is 1. The van der Waals surface area contributed by atoms with Crippen molar-refractivity contribution in [3.05, 3.63) is 28.2 Å². The van der Waals surface area contributed by atoms with Crippen molar-refractivity contribution in [2.45, 2.75) is 39.0 Å². The highest BCUT2D eigenvalue weighted by molar-refractivity contribution is 6.35. The Morgan fingerprint density at radius 2 is 1.95 bits per heavy atom. The molecule has 1 aromatic carbocycles. The van der Waals surface area contributed by atoms with Crippen LogP contribution < -0.4 is 5.32 Å². The monoisotopic (exact) mass is 330 g/mol. The van der Waals surface area contributed by atoms with Crippen molar-refractivity contribution in [2.75, 3.05) is 18.4 Å². The first-order valence-corrected chi connectivity index (χ1v) is 7.78. The summed E-state index contributed by atoms with van der Waals surface area (Å²) in [5.41, 5.74) is 0.537. The number of ether oxygens (including phenoxy) is 1. The van der Waals surface area contributed by atoms with E-state index in [4.69, 9.17) is 27.9 Å². The van der Waals surface area contributed by atoms with Crippen LogP contribution in [0.25, 0.3) is 0 Å². The van der Waals surface area contributed by atoms with Crippen molar-refractivity contribution in [2.24, 2.45) is 0 Å². The van der Waals surface area contributed by atoms with Crippen molar-refractivity contribution < 1.29 is 9.53 Å². The second-order valence-corrected chi connectivity index (χ2v) is 6.34. The molecule has 1 aliphatic rings. The van der Waals surface area contributed by atoms with Crippen molar-refractivity contribution in [1.29, 1.82) is 0 Å². The van der Waals surface area contributed by atoms with Crippen LogP contribution in [0.2, 0.25) is 10.0 Å². The molecule has 116 valence electrons. The molecule has 0 unspecified atom stereocenters. The summed E-state index contributed by atoms with van der Waals surface area (Å²) in [5, 5.41) is 3.85. The van der Waals surface area contributed by atoms with Gasteiger partial charge in [-0.2, -0.15) is 0 Å². The molecule has 1 heterocycles. The summed E-state index contributed by atoms with van der Waals surface area (Å²) in [4.78, 5) is 14.5. The van der Waals surface area contributed by atoms with Crippen molar-refractivity contribution >= 4 is 34.8 Å². The number of hydrogen-bond donors (Lipinski definition) is 1. The SMILES string of the molecule is C[C@H]1CN([C@@H](C)C(=O)Nc2cc(Cl)ccc2Cl)C[C@H](C)O1. The molecule has 1 amide bonds. The third-order valence-corrected chi connectivity index (χ3v) is 4.13. The second kappa shape index (κ2) is 6.97. The standard InChI is InChI=1S/C15H20Cl2N2O2/c1-9-7-19(8-10(2)21-9)11(3)15(20)18-14-6-12(16)4-5-13(14)17/h4-6,9-11H,7-8H2,1-3H3,(H,18,20)/t9-,10-,11-/m0/s1. The zero-order chi connectivity index (χ0) is 15.6. The molecule has 0 saturated carbocycles. The molecule has 1 aromatic rings. The number of nitrogens with zero attached hydrogens (tertiary/aromatic N) is 1. The summed E-state index contributed by atoms with van der Waals surface area (Å²) >= 11 is 12.0. The van der Waals surface area contributed by atoms with Crippen LogP contribution in [0.3, 0.4) is 0 Å². The normalized spacial score (nSPS) is 24.6. The Bertz CT molecular complexity index is 514. The summed E-state index contributed by atoms with van der Waals surface area (Å²) < 4.78 is 5.69. The maximum atomic E-state index is 12.4. The molecule has 6 heteroatoms. The van der Waals surface area contributed by atoms with Gasteiger partial charge in [0.15, 0.2) is 0 Å². The van der Waals surface area contributed by atoms with E-state index < -0.39 is 0 Å². The van der Waals surface area contributed by atoms with Crippen LogP contribution in [-0.4, -0.2) is 42.1 Å². The average Bonchev–Trinajstić information content (AvgIpc) is 2.41. The fourth-order valence-electron chi connectivity index (χ4n) is 2.53. The number of amides is 1. The van der Waals surface area contributed by atoms with E-state index in [1.54, 1.807) is 18.2 Å². The van der Waals surface area contributed by atoms with Gasteiger partial charge in [0.1, 0.15) is 0 Å². The second-order valence-electron chi connectivity index (χ2n) is 5.50. The van der Waals surface area contributed by atoms with Crippen LogP contribution in [0.15, 0.2) is 18.2 Å².